The fourth-order valence-electron chi connectivity index (χ4n) is 1.97. The van der Waals surface area contributed by atoms with Crippen LogP contribution in [0.1, 0.15) is 11.1 Å². The summed E-state index contributed by atoms with van der Waals surface area (Å²) in [5.41, 5.74) is 1.61. The molecule has 0 unspecified atom stereocenters. The Morgan fingerprint density at radius 1 is 1.18 bits per heavy atom. The van der Waals surface area contributed by atoms with Gasteiger partial charge in [0.2, 0.25) is 0 Å². The lowest BCUT2D eigenvalue weighted by molar-refractivity contribution is 0.354. The first-order valence-electron chi connectivity index (χ1n) is 6.38. The van der Waals surface area contributed by atoms with Crippen LogP contribution < -0.4 is 9.47 Å². The quantitative estimate of drug-likeness (QED) is 0.586. The van der Waals surface area contributed by atoms with Crippen LogP contribution in [0.3, 0.4) is 0 Å². The predicted octanol–water partition coefficient (Wildman–Crippen LogP) is 4.67. The average molecular weight is 362 g/mol. The third-order valence-electron chi connectivity index (χ3n) is 3.06. The van der Waals surface area contributed by atoms with Crippen LogP contribution in [0, 0.1) is 17.1 Å². The van der Waals surface area contributed by atoms with E-state index in [4.69, 9.17) is 9.47 Å². The van der Waals surface area contributed by atoms with Crippen LogP contribution >= 0.6 is 15.9 Å². The highest BCUT2D eigenvalue weighted by Crippen LogP contribution is 2.35. The number of methoxy groups -OCH3 is 2. The van der Waals surface area contributed by atoms with Crippen molar-refractivity contribution in [2.75, 3.05) is 14.2 Å². The molecule has 0 aliphatic rings. The largest absolute Gasteiger partial charge is 0.493 e. The number of benzene rings is 2. The van der Waals surface area contributed by atoms with Gasteiger partial charge in [-0.05, 0) is 41.5 Å². The molecule has 0 N–H and O–H groups in total. The van der Waals surface area contributed by atoms with Crippen LogP contribution in [0.25, 0.3) is 11.6 Å². The van der Waals surface area contributed by atoms with Gasteiger partial charge in [0, 0.05) is 4.47 Å². The number of hydrogen-bond donors (Lipinski definition) is 0. The molecule has 3 nitrogen and oxygen atoms in total. The number of nitrogens with zero attached hydrogens (tertiary/aromatic N) is 1. The lowest BCUT2D eigenvalue weighted by Crippen LogP contribution is -1.92. The Bertz CT molecular complexity index is 766. The second kappa shape index (κ2) is 7.10. The summed E-state index contributed by atoms with van der Waals surface area (Å²) in [4.78, 5) is 0. The van der Waals surface area contributed by atoms with Crippen LogP contribution in [0.4, 0.5) is 4.39 Å². The number of rotatable bonds is 4. The molecule has 5 heteroatoms. The molecule has 0 heterocycles. The van der Waals surface area contributed by atoms with Gasteiger partial charge in [-0.15, -0.1) is 0 Å². The zero-order valence-corrected chi connectivity index (χ0v) is 13.6. The van der Waals surface area contributed by atoms with Crippen LogP contribution in [-0.2, 0) is 0 Å². The maximum absolute atomic E-state index is 13.3. The van der Waals surface area contributed by atoms with E-state index in [1.807, 2.05) is 0 Å². The summed E-state index contributed by atoms with van der Waals surface area (Å²) in [5, 5.41) is 9.34. The first-order valence-corrected chi connectivity index (χ1v) is 7.17. The molecule has 0 fully saturated rings. The van der Waals surface area contributed by atoms with E-state index in [2.05, 4.69) is 22.0 Å². The van der Waals surface area contributed by atoms with Crippen LogP contribution in [0.2, 0.25) is 0 Å². The van der Waals surface area contributed by atoms with E-state index in [9.17, 15) is 9.65 Å². The standard InChI is InChI=1S/C17H13BrFNO2/c1-21-16-8-12(15(18)9-17(16)22-2)6-13(10-20)11-4-3-5-14(19)7-11/h3-9H,1-2H3/b13-6-. The van der Waals surface area contributed by atoms with E-state index in [-0.39, 0.29) is 5.82 Å². The highest BCUT2D eigenvalue weighted by Gasteiger charge is 2.10. The Balaban J connectivity index is 2.53. The highest BCUT2D eigenvalue weighted by molar-refractivity contribution is 9.10. The summed E-state index contributed by atoms with van der Waals surface area (Å²) in [5.74, 6) is 0.745. The van der Waals surface area contributed by atoms with Crippen molar-refractivity contribution in [3.8, 4) is 17.6 Å². The Morgan fingerprint density at radius 2 is 1.86 bits per heavy atom. The molecule has 0 amide bonds. The van der Waals surface area contributed by atoms with Gasteiger partial charge in [-0.25, -0.2) is 4.39 Å². The minimum absolute atomic E-state index is 0.354. The Kier molecular flexibility index (Phi) is 5.18. The van der Waals surface area contributed by atoms with Crippen LogP contribution in [0.15, 0.2) is 40.9 Å². The molecule has 0 aromatic heterocycles. The second-order valence-electron chi connectivity index (χ2n) is 4.41. The van der Waals surface area contributed by atoms with E-state index >= 15 is 0 Å². The van der Waals surface area contributed by atoms with Crippen molar-refractivity contribution in [1.82, 2.24) is 0 Å². The SMILES string of the molecule is COc1cc(Br)c(/C=C(/C#N)c2cccc(F)c2)cc1OC. The Labute approximate surface area is 136 Å². The lowest BCUT2D eigenvalue weighted by atomic mass is 10.0. The molecule has 2 aromatic rings. The van der Waals surface area contributed by atoms with E-state index in [1.54, 1.807) is 37.5 Å². The molecule has 22 heavy (non-hydrogen) atoms. The number of ether oxygens (including phenoxy) is 2. The van der Waals surface area contributed by atoms with Gasteiger partial charge in [0.15, 0.2) is 11.5 Å². The first-order chi connectivity index (χ1) is 10.6. The molecule has 2 aromatic carbocycles. The maximum atomic E-state index is 13.3. The third kappa shape index (κ3) is 3.46. The van der Waals surface area contributed by atoms with Crippen molar-refractivity contribution in [2.24, 2.45) is 0 Å². The van der Waals surface area contributed by atoms with Crippen molar-refractivity contribution in [3.63, 3.8) is 0 Å². The molecular weight excluding hydrogens is 349 g/mol. The summed E-state index contributed by atoms with van der Waals surface area (Å²) in [6, 6.07) is 11.5. The third-order valence-corrected chi connectivity index (χ3v) is 3.75. The average Bonchev–Trinajstić information content (AvgIpc) is 2.53. The molecule has 0 atom stereocenters. The van der Waals surface area contributed by atoms with Gasteiger partial charge in [0.05, 0.1) is 25.9 Å². The van der Waals surface area contributed by atoms with Crippen molar-refractivity contribution < 1.29 is 13.9 Å². The second-order valence-corrected chi connectivity index (χ2v) is 5.26. The van der Waals surface area contributed by atoms with Gasteiger partial charge >= 0.3 is 0 Å². The molecule has 0 bridgehead atoms. The first kappa shape index (κ1) is 16.1. The summed E-state index contributed by atoms with van der Waals surface area (Å²) in [6.45, 7) is 0. The van der Waals surface area contributed by atoms with Gasteiger partial charge in [-0.3, -0.25) is 0 Å². The van der Waals surface area contributed by atoms with Crippen molar-refractivity contribution in [1.29, 1.82) is 5.26 Å². The van der Waals surface area contributed by atoms with Crippen molar-refractivity contribution in [2.45, 2.75) is 0 Å². The zero-order chi connectivity index (χ0) is 16.1. The summed E-state index contributed by atoms with van der Waals surface area (Å²) < 4.78 is 24.5. The molecule has 2 rings (SSSR count). The van der Waals surface area contributed by atoms with Gasteiger partial charge in [-0.2, -0.15) is 5.26 Å². The fraction of sp³-hybridized carbons (Fsp3) is 0.118. The van der Waals surface area contributed by atoms with E-state index < -0.39 is 0 Å². The minimum atomic E-state index is -0.384. The maximum Gasteiger partial charge on any atom is 0.161 e. The zero-order valence-electron chi connectivity index (χ0n) is 12.1. The van der Waals surface area contributed by atoms with Crippen molar-refractivity contribution in [3.05, 3.63) is 57.8 Å². The molecule has 0 aliphatic heterocycles. The van der Waals surface area contributed by atoms with Crippen LogP contribution in [-0.4, -0.2) is 14.2 Å². The topological polar surface area (TPSA) is 42.2 Å². The minimum Gasteiger partial charge on any atom is -0.493 e. The summed E-state index contributed by atoms with van der Waals surface area (Å²) in [6.07, 6.45) is 1.67. The van der Waals surface area contributed by atoms with Gasteiger partial charge < -0.3 is 9.47 Å². The monoisotopic (exact) mass is 361 g/mol. The molecule has 112 valence electrons. The molecule has 0 saturated heterocycles. The fourth-order valence-corrected chi connectivity index (χ4v) is 2.41. The number of halogens is 2. The van der Waals surface area contributed by atoms with E-state index in [0.717, 1.165) is 10.0 Å². The van der Waals surface area contributed by atoms with Gasteiger partial charge in [0.1, 0.15) is 5.82 Å². The lowest BCUT2D eigenvalue weighted by Gasteiger charge is -2.10. The Hall–Kier alpha value is -2.32. The Morgan fingerprint density at radius 3 is 2.45 bits per heavy atom. The predicted molar refractivity (Wildman–Crippen MR) is 87.1 cm³/mol. The number of nitriles is 1. The summed E-state index contributed by atoms with van der Waals surface area (Å²) in [7, 11) is 3.09. The normalized spacial score (nSPS) is 11.0. The number of hydrogen-bond acceptors (Lipinski definition) is 3. The van der Waals surface area contributed by atoms with Gasteiger partial charge in [0.25, 0.3) is 0 Å². The number of allylic oxidation sites excluding steroid dienone is 1. The van der Waals surface area contributed by atoms with Crippen molar-refractivity contribution >= 4 is 27.6 Å². The van der Waals surface area contributed by atoms with Gasteiger partial charge in [-0.1, -0.05) is 28.1 Å². The molecular formula is C17H13BrFNO2. The van der Waals surface area contributed by atoms with Crippen LogP contribution in [0.5, 0.6) is 11.5 Å². The molecule has 0 radical (unpaired) electrons. The highest BCUT2D eigenvalue weighted by atomic mass is 79.9. The smallest absolute Gasteiger partial charge is 0.161 e. The molecule has 0 spiro atoms. The molecule has 0 saturated carbocycles. The summed E-state index contributed by atoms with van der Waals surface area (Å²) >= 11 is 3.43. The van der Waals surface area contributed by atoms with E-state index in [1.165, 1.54) is 19.2 Å². The molecule has 0 aliphatic carbocycles. The van der Waals surface area contributed by atoms with E-state index in [0.29, 0.717) is 22.6 Å².